The Bertz CT molecular complexity index is 1590. The number of halogens is 2. The van der Waals surface area contributed by atoms with Crippen molar-refractivity contribution >= 4 is 38.7 Å². The highest BCUT2D eigenvalue weighted by Crippen LogP contribution is 2.45. The van der Waals surface area contributed by atoms with Gasteiger partial charge < -0.3 is 15.2 Å². The van der Waals surface area contributed by atoms with Gasteiger partial charge in [-0.25, -0.2) is 23.7 Å². The van der Waals surface area contributed by atoms with Crippen molar-refractivity contribution in [1.82, 2.24) is 30.2 Å². The highest BCUT2D eigenvalue weighted by molar-refractivity contribution is 6.13. The molecule has 0 radical (unpaired) electrons. The van der Waals surface area contributed by atoms with Gasteiger partial charge in [-0.3, -0.25) is 4.98 Å². The number of piperazine rings is 1. The van der Waals surface area contributed by atoms with Crippen molar-refractivity contribution in [3.8, 4) is 11.4 Å². The number of benzene rings is 1. The second-order valence-corrected chi connectivity index (χ2v) is 8.99. The minimum absolute atomic E-state index is 0.0933. The summed E-state index contributed by atoms with van der Waals surface area (Å²) in [6.07, 6.45) is 7.62. The fraction of sp³-hybridized carbons (Fsp3) is 0.280. The topological polar surface area (TPSA) is 82.6 Å². The molecule has 5 aromatic rings. The number of H-pyrrole nitrogens is 1. The van der Waals surface area contributed by atoms with Crippen LogP contribution in [0.5, 0.6) is 0 Å². The zero-order valence-corrected chi connectivity index (χ0v) is 18.3. The SMILES string of the molecule is Fc1ccc(F)c2c1[nH]c1nccc(-c3nc(N4CCNCC4)c4c(C5CC5)cncc4n3)c12. The number of nitrogens with zero attached hydrogens (tertiary/aromatic N) is 5. The lowest BCUT2D eigenvalue weighted by atomic mass is 10.1. The van der Waals surface area contributed by atoms with Gasteiger partial charge in [-0.1, -0.05) is 0 Å². The Kier molecular flexibility index (Phi) is 4.29. The van der Waals surface area contributed by atoms with E-state index in [1.165, 1.54) is 5.56 Å². The third-order valence-electron chi connectivity index (χ3n) is 6.84. The predicted molar refractivity (Wildman–Crippen MR) is 127 cm³/mol. The zero-order chi connectivity index (χ0) is 22.8. The molecule has 0 atom stereocenters. The normalized spacial score (nSPS) is 16.7. The molecule has 5 heterocycles. The summed E-state index contributed by atoms with van der Waals surface area (Å²) >= 11 is 0. The summed E-state index contributed by atoms with van der Waals surface area (Å²) in [7, 11) is 0. The number of rotatable bonds is 3. The Labute approximate surface area is 193 Å². The molecule has 7 rings (SSSR count). The van der Waals surface area contributed by atoms with E-state index in [0.717, 1.165) is 67.9 Å². The zero-order valence-electron chi connectivity index (χ0n) is 18.3. The van der Waals surface area contributed by atoms with Gasteiger partial charge in [0.1, 0.15) is 23.1 Å². The molecule has 2 aliphatic rings. The van der Waals surface area contributed by atoms with Crippen molar-refractivity contribution < 1.29 is 8.78 Å². The number of pyridine rings is 2. The van der Waals surface area contributed by atoms with Gasteiger partial charge in [-0.05, 0) is 42.5 Å². The van der Waals surface area contributed by atoms with E-state index >= 15 is 0 Å². The number of aromatic nitrogens is 5. The molecule has 34 heavy (non-hydrogen) atoms. The number of hydrogen-bond acceptors (Lipinski definition) is 6. The lowest BCUT2D eigenvalue weighted by molar-refractivity contribution is 0.586. The number of fused-ring (bicyclic) bond motifs is 4. The van der Waals surface area contributed by atoms with E-state index < -0.39 is 11.6 Å². The summed E-state index contributed by atoms with van der Waals surface area (Å²) in [6, 6.07) is 4.02. The smallest absolute Gasteiger partial charge is 0.163 e. The maximum atomic E-state index is 14.9. The highest BCUT2D eigenvalue weighted by Gasteiger charge is 2.29. The Balaban J connectivity index is 1.54. The quantitative estimate of drug-likeness (QED) is 0.421. The molecule has 1 saturated carbocycles. The van der Waals surface area contributed by atoms with Crippen LogP contribution in [0.2, 0.25) is 0 Å². The van der Waals surface area contributed by atoms with Crippen LogP contribution >= 0.6 is 0 Å². The van der Waals surface area contributed by atoms with Crippen molar-refractivity contribution in [3.05, 3.63) is 54.0 Å². The molecule has 170 valence electrons. The highest BCUT2D eigenvalue weighted by atomic mass is 19.1. The number of nitrogens with one attached hydrogen (secondary N) is 2. The monoisotopic (exact) mass is 457 g/mol. The Morgan fingerprint density at radius 3 is 2.56 bits per heavy atom. The van der Waals surface area contributed by atoms with Crippen LogP contribution in [0.25, 0.3) is 44.2 Å². The molecule has 0 amide bonds. The molecule has 0 spiro atoms. The molecule has 1 aliphatic heterocycles. The first-order valence-corrected chi connectivity index (χ1v) is 11.5. The summed E-state index contributed by atoms with van der Waals surface area (Å²) in [5, 5.41) is 5.08. The summed E-state index contributed by atoms with van der Waals surface area (Å²) in [4.78, 5) is 24.0. The van der Waals surface area contributed by atoms with Gasteiger partial charge in [-0.2, -0.15) is 0 Å². The summed E-state index contributed by atoms with van der Waals surface area (Å²) in [5.74, 6) is 0.776. The molecule has 0 bridgehead atoms. The van der Waals surface area contributed by atoms with Crippen LogP contribution < -0.4 is 10.2 Å². The van der Waals surface area contributed by atoms with E-state index in [1.807, 2.05) is 6.20 Å². The molecule has 1 aromatic carbocycles. The van der Waals surface area contributed by atoms with Crippen molar-refractivity contribution in [2.24, 2.45) is 0 Å². The van der Waals surface area contributed by atoms with Crippen LogP contribution in [0.4, 0.5) is 14.6 Å². The molecular weight excluding hydrogens is 436 g/mol. The largest absolute Gasteiger partial charge is 0.353 e. The van der Waals surface area contributed by atoms with Gasteiger partial charge in [0.25, 0.3) is 0 Å². The van der Waals surface area contributed by atoms with E-state index in [-0.39, 0.29) is 10.9 Å². The average Bonchev–Trinajstić information content (AvgIpc) is 3.64. The Hall–Kier alpha value is -3.72. The van der Waals surface area contributed by atoms with Gasteiger partial charge in [-0.15, -0.1) is 0 Å². The van der Waals surface area contributed by atoms with Gasteiger partial charge in [0.2, 0.25) is 0 Å². The van der Waals surface area contributed by atoms with E-state index in [4.69, 9.17) is 9.97 Å². The second-order valence-electron chi connectivity index (χ2n) is 8.99. The maximum Gasteiger partial charge on any atom is 0.163 e. The molecule has 2 N–H and O–H groups in total. The van der Waals surface area contributed by atoms with E-state index in [1.54, 1.807) is 18.5 Å². The molecule has 4 aromatic heterocycles. The fourth-order valence-electron chi connectivity index (χ4n) is 5.05. The molecule has 1 aliphatic carbocycles. The molecule has 9 heteroatoms. The number of hydrogen-bond donors (Lipinski definition) is 2. The van der Waals surface area contributed by atoms with Crippen LogP contribution in [0.15, 0.2) is 36.8 Å². The summed E-state index contributed by atoms with van der Waals surface area (Å²) in [5.41, 5.74) is 3.05. The van der Waals surface area contributed by atoms with Crippen LogP contribution in [-0.2, 0) is 0 Å². The van der Waals surface area contributed by atoms with E-state index in [9.17, 15) is 8.78 Å². The standard InChI is InChI=1S/C25H21F2N7/c26-16-3-4-17(27)22-21(16)20-14(5-6-30-24(20)32-22)23-31-18-12-29-11-15(13-1-2-13)19(18)25(33-23)34-9-7-28-8-10-34/h3-6,11-13,28H,1-2,7-10H2,(H,30,32). The van der Waals surface area contributed by atoms with Gasteiger partial charge >= 0.3 is 0 Å². The Morgan fingerprint density at radius 1 is 0.912 bits per heavy atom. The minimum atomic E-state index is -0.528. The molecular formula is C25H21F2N7. The van der Waals surface area contributed by atoms with Crippen LogP contribution in [0, 0.1) is 11.6 Å². The second kappa shape index (κ2) is 7.39. The molecule has 7 nitrogen and oxygen atoms in total. The lowest BCUT2D eigenvalue weighted by Gasteiger charge is -2.30. The van der Waals surface area contributed by atoms with Gasteiger partial charge in [0, 0.05) is 60.3 Å². The number of anilines is 1. The Morgan fingerprint density at radius 2 is 1.74 bits per heavy atom. The molecule has 0 unspecified atom stereocenters. The van der Waals surface area contributed by atoms with Crippen molar-refractivity contribution in [1.29, 1.82) is 0 Å². The third kappa shape index (κ3) is 2.96. The average molecular weight is 457 g/mol. The van der Waals surface area contributed by atoms with Crippen LogP contribution in [0.1, 0.15) is 24.3 Å². The first-order valence-electron chi connectivity index (χ1n) is 11.5. The maximum absolute atomic E-state index is 14.9. The van der Waals surface area contributed by atoms with Crippen molar-refractivity contribution in [3.63, 3.8) is 0 Å². The van der Waals surface area contributed by atoms with Crippen molar-refractivity contribution in [2.45, 2.75) is 18.8 Å². The summed E-state index contributed by atoms with van der Waals surface area (Å²) < 4.78 is 29.4. The first kappa shape index (κ1) is 19.7. The lowest BCUT2D eigenvalue weighted by Crippen LogP contribution is -2.44. The first-order chi connectivity index (χ1) is 16.7. The van der Waals surface area contributed by atoms with Crippen LogP contribution in [-0.4, -0.2) is 51.1 Å². The van der Waals surface area contributed by atoms with Crippen molar-refractivity contribution in [2.75, 3.05) is 31.1 Å². The minimum Gasteiger partial charge on any atom is -0.353 e. The third-order valence-corrected chi connectivity index (χ3v) is 6.84. The van der Waals surface area contributed by atoms with Gasteiger partial charge in [0.15, 0.2) is 5.82 Å². The predicted octanol–water partition coefficient (Wildman–Crippen LogP) is 4.29. The number of aromatic amines is 1. The molecule has 2 fully saturated rings. The summed E-state index contributed by atoms with van der Waals surface area (Å²) in [6.45, 7) is 3.40. The van der Waals surface area contributed by atoms with Crippen LogP contribution in [0.3, 0.4) is 0 Å². The van der Waals surface area contributed by atoms with E-state index in [0.29, 0.717) is 28.3 Å². The van der Waals surface area contributed by atoms with Gasteiger partial charge in [0.05, 0.1) is 17.2 Å². The fourth-order valence-corrected chi connectivity index (χ4v) is 5.05. The van der Waals surface area contributed by atoms with E-state index in [2.05, 4.69) is 25.2 Å². The molecule has 1 saturated heterocycles.